The number of hydrogen-bond acceptors (Lipinski definition) is 3. The summed E-state index contributed by atoms with van der Waals surface area (Å²) in [7, 11) is 3.95. The average Bonchev–Trinajstić information content (AvgIpc) is 2.28. The van der Waals surface area contributed by atoms with Gasteiger partial charge in [0.15, 0.2) is 0 Å². The summed E-state index contributed by atoms with van der Waals surface area (Å²) in [6.07, 6.45) is 1.13. The average molecular weight is 278 g/mol. The highest BCUT2D eigenvalue weighted by atomic mass is 16.3. The smallest absolute Gasteiger partial charge is 0.0869 e. The van der Waals surface area contributed by atoms with Crippen LogP contribution in [0.1, 0.15) is 31.9 Å². The van der Waals surface area contributed by atoms with Gasteiger partial charge >= 0.3 is 0 Å². The Bertz CT molecular complexity index is 382. The molecule has 0 aliphatic rings. The SMILES string of the molecule is CC(C)Cc1ccc(CNCC(C)(O)CN(C)C)cc1. The maximum Gasteiger partial charge on any atom is 0.0869 e. The normalized spacial score (nSPS) is 14.8. The van der Waals surface area contributed by atoms with Gasteiger partial charge in [-0.2, -0.15) is 0 Å². The van der Waals surface area contributed by atoms with E-state index in [0.717, 1.165) is 13.0 Å². The van der Waals surface area contributed by atoms with E-state index in [4.69, 9.17) is 0 Å². The van der Waals surface area contributed by atoms with Crippen LogP contribution in [0.3, 0.4) is 0 Å². The lowest BCUT2D eigenvalue weighted by Crippen LogP contribution is -2.45. The van der Waals surface area contributed by atoms with Crippen LogP contribution in [0.5, 0.6) is 0 Å². The van der Waals surface area contributed by atoms with Gasteiger partial charge in [0.2, 0.25) is 0 Å². The van der Waals surface area contributed by atoms with Gasteiger partial charge in [-0.3, -0.25) is 0 Å². The Morgan fingerprint density at radius 1 is 1.15 bits per heavy atom. The van der Waals surface area contributed by atoms with E-state index in [2.05, 4.69) is 43.4 Å². The summed E-state index contributed by atoms with van der Waals surface area (Å²) in [5.74, 6) is 0.695. The minimum Gasteiger partial charge on any atom is -0.388 e. The molecule has 0 heterocycles. The molecule has 0 aliphatic heterocycles. The maximum atomic E-state index is 10.2. The summed E-state index contributed by atoms with van der Waals surface area (Å²) in [6, 6.07) is 8.75. The summed E-state index contributed by atoms with van der Waals surface area (Å²) in [4.78, 5) is 2.00. The molecule has 20 heavy (non-hydrogen) atoms. The fourth-order valence-electron chi connectivity index (χ4n) is 2.48. The quantitative estimate of drug-likeness (QED) is 0.766. The number of likely N-dealkylation sites (N-methyl/N-ethyl adjacent to an activating group) is 1. The summed E-state index contributed by atoms with van der Waals surface area (Å²) in [6.45, 7) is 8.40. The van der Waals surface area contributed by atoms with Gasteiger partial charge in [-0.1, -0.05) is 38.1 Å². The Labute approximate surface area is 124 Å². The number of aliphatic hydroxyl groups is 1. The molecule has 1 aromatic rings. The zero-order chi connectivity index (χ0) is 15.2. The van der Waals surface area contributed by atoms with E-state index < -0.39 is 5.60 Å². The molecular formula is C17H30N2O. The standard InChI is InChI=1S/C17H30N2O/c1-14(2)10-15-6-8-16(9-7-15)11-18-12-17(3,20)13-19(4)5/h6-9,14,18,20H,10-13H2,1-5H3. The largest absolute Gasteiger partial charge is 0.388 e. The third kappa shape index (κ3) is 7.04. The van der Waals surface area contributed by atoms with Crippen molar-refractivity contribution in [3.05, 3.63) is 35.4 Å². The predicted molar refractivity (Wildman–Crippen MR) is 85.9 cm³/mol. The van der Waals surface area contributed by atoms with Crippen molar-refractivity contribution in [1.82, 2.24) is 10.2 Å². The molecule has 0 bridgehead atoms. The van der Waals surface area contributed by atoms with Crippen LogP contribution in [0, 0.1) is 5.92 Å². The van der Waals surface area contributed by atoms with E-state index in [1.54, 1.807) is 0 Å². The molecular weight excluding hydrogens is 248 g/mol. The highest BCUT2D eigenvalue weighted by Crippen LogP contribution is 2.10. The van der Waals surface area contributed by atoms with Crippen molar-refractivity contribution in [3.8, 4) is 0 Å². The van der Waals surface area contributed by atoms with Crippen LogP contribution in [0.2, 0.25) is 0 Å². The molecule has 1 unspecified atom stereocenters. The molecule has 0 spiro atoms. The Hall–Kier alpha value is -0.900. The summed E-state index contributed by atoms with van der Waals surface area (Å²) in [5, 5.41) is 13.5. The van der Waals surface area contributed by atoms with Crippen molar-refractivity contribution >= 4 is 0 Å². The maximum absolute atomic E-state index is 10.2. The topological polar surface area (TPSA) is 35.5 Å². The molecule has 114 valence electrons. The van der Waals surface area contributed by atoms with Crippen molar-refractivity contribution in [3.63, 3.8) is 0 Å². The van der Waals surface area contributed by atoms with Crippen LogP contribution in [-0.2, 0) is 13.0 Å². The molecule has 0 amide bonds. The first-order valence-corrected chi connectivity index (χ1v) is 7.44. The number of benzene rings is 1. The van der Waals surface area contributed by atoms with Crippen molar-refractivity contribution < 1.29 is 5.11 Å². The first-order valence-electron chi connectivity index (χ1n) is 7.44. The van der Waals surface area contributed by atoms with Gasteiger partial charge in [0.05, 0.1) is 5.60 Å². The van der Waals surface area contributed by atoms with Gasteiger partial charge in [-0.05, 0) is 44.5 Å². The molecule has 0 fully saturated rings. The summed E-state index contributed by atoms with van der Waals surface area (Å²) >= 11 is 0. The first-order chi connectivity index (χ1) is 9.28. The zero-order valence-electron chi connectivity index (χ0n) is 13.6. The van der Waals surface area contributed by atoms with E-state index >= 15 is 0 Å². The lowest BCUT2D eigenvalue weighted by atomic mass is 10.0. The molecule has 1 aromatic carbocycles. The van der Waals surface area contributed by atoms with Gasteiger partial charge in [-0.15, -0.1) is 0 Å². The Morgan fingerprint density at radius 3 is 2.20 bits per heavy atom. The van der Waals surface area contributed by atoms with Crippen LogP contribution < -0.4 is 5.32 Å². The van der Waals surface area contributed by atoms with Crippen molar-refractivity contribution in [2.24, 2.45) is 5.92 Å². The Kier molecular flexibility index (Phi) is 6.66. The van der Waals surface area contributed by atoms with E-state index in [1.165, 1.54) is 11.1 Å². The molecule has 0 aromatic heterocycles. The molecule has 2 N–H and O–H groups in total. The second-order valence-electron chi connectivity index (χ2n) is 6.75. The molecule has 0 radical (unpaired) electrons. The minimum absolute atomic E-state index is 0.596. The van der Waals surface area contributed by atoms with Gasteiger partial charge in [0.25, 0.3) is 0 Å². The molecule has 0 saturated heterocycles. The number of hydrogen-bond donors (Lipinski definition) is 2. The Balaban J connectivity index is 2.38. The van der Waals surface area contributed by atoms with Gasteiger partial charge in [-0.25, -0.2) is 0 Å². The predicted octanol–water partition coefficient (Wildman–Crippen LogP) is 2.29. The second kappa shape index (κ2) is 7.77. The van der Waals surface area contributed by atoms with Crippen molar-refractivity contribution in [1.29, 1.82) is 0 Å². The van der Waals surface area contributed by atoms with Crippen LogP contribution >= 0.6 is 0 Å². The van der Waals surface area contributed by atoms with E-state index in [9.17, 15) is 5.11 Å². The fraction of sp³-hybridized carbons (Fsp3) is 0.647. The molecule has 3 heteroatoms. The highest BCUT2D eigenvalue weighted by Gasteiger charge is 2.20. The zero-order valence-corrected chi connectivity index (χ0v) is 13.6. The molecule has 0 aliphatic carbocycles. The van der Waals surface area contributed by atoms with Gasteiger partial charge in [0, 0.05) is 19.6 Å². The third-order valence-electron chi connectivity index (χ3n) is 3.16. The Morgan fingerprint density at radius 2 is 1.70 bits per heavy atom. The molecule has 1 rings (SSSR count). The van der Waals surface area contributed by atoms with Crippen LogP contribution in [0.25, 0.3) is 0 Å². The van der Waals surface area contributed by atoms with Crippen molar-refractivity contribution in [2.75, 3.05) is 27.2 Å². The van der Waals surface area contributed by atoms with Gasteiger partial charge < -0.3 is 15.3 Å². The first kappa shape index (κ1) is 17.2. The lowest BCUT2D eigenvalue weighted by Gasteiger charge is -2.27. The minimum atomic E-state index is -0.693. The van der Waals surface area contributed by atoms with Crippen LogP contribution in [-0.4, -0.2) is 42.8 Å². The van der Waals surface area contributed by atoms with E-state index in [1.807, 2.05) is 25.9 Å². The van der Waals surface area contributed by atoms with Crippen LogP contribution in [0.15, 0.2) is 24.3 Å². The second-order valence-corrected chi connectivity index (χ2v) is 6.75. The van der Waals surface area contributed by atoms with E-state index in [-0.39, 0.29) is 0 Å². The monoisotopic (exact) mass is 278 g/mol. The molecule has 1 atom stereocenters. The lowest BCUT2D eigenvalue weighted by molar-refractivity contribution is 0.0336. The van der Waals surface area contributed by atoms with Crippen molar-refractivity contribution in [2.45, 2.75) is 39.3 Å². The third-order valence-corrected chi connectivity index (χ3v) is 3.16. The number of rotatable bonds is 8. The summed E-state index contributed by atoms with van der Waals surface area (Å²) < 4.78 is 0. The molecule has 3 nitrogen and oxygen atoms in total. The highest BCUT2D eigenvalue weighted by molar-refractivity contribution is 5.22. The summed E-state index contributed by atoms with van der Waals surface area (Å²) in [5.41, 5.74) is 1.96. The number of nitrogens with zero attached hydrogens (tertiary/aromatic N) is 1. The van der Waals surface area contributed by atoms with E-state index in [0.29, 0.717) is 19.0 Å². The van der Waals surface area contributed by atoms with Gasteiger partial charge in [0.1, 0.15) is 0 Å². The fourth-order valence-corrected chi connectivity index (χ4v) is 2.48. The molecule has 0 saturated carbocycles. The number of nitrogens with one attached hydrogen (secondary N) is 1. The van der Waals surface area contributed by atoms with Crippen LogP contribution in [0.4, 0.5) is 0 Å².